The van der Waals surface area contributed by atoms with Gasteiger partial charge >= 0.3 is 0 Å². The van der Waals surface area contributed by atoms with Crippen molar-refractivity contribution in [3.05, 3.63) is 65.5 Å². The molecule has 0 radical (unpaired) electrons. The Morgan fingerprint density at radius 3 is 2.97 bits per heavy atom. The van der Waals surface area contributed by atoms with Crippen molar-refractivity contribution in [2.75, 3.05) is 0 Å². The molecule has 3 heterocycles. The van der Waals surface area contributed by atoms with Crippen molar-refractivity contribution in [3.8, 4) is 0 Å². The molecule has 3 heteroatoms. The molecule has 2 saturated carbocycles. The lowest BCUT2D eigenvalue weighted by atomic mass is 9.58. The van der Waals surface area contributed by atoms with E-state index in [1.54, 1.807) is 0 Å². The number of fused-ring (bicyclic) bond motifs is 2. The number of pyridine rings is 1. The van der Waals surface area contributed by atoms with Crippen LogP contribution in [0.15, 0.2) is 60.0 Å². The Hall–Kier alpha value is -1.97. The highest BCUT2D eigenvalue weighted by Gasteiger charge is 2.66. The molecular formula is C28H31NO2. The van der Waals surface area contributed by atoms with Gasteiger partial charge in [-0.15, -0.1) is 0 Å². The van der Waals surface area contributed by atoms with E-state index in [4.69, 9.17) is 4.74 Å². The average Bonchev–Trinajstić information content (AvgIpc) is 3.28. The van der Waals surface area contributed by atoms with Crippen LogP contribution in [0, 0.1) is 11.3 Å². The second-order valence-electron chi connectivity index (χ2n) is 11.1. The lowest BCUT2D eigenvalue weighted by Crippen LogP contribution is -2.54. The number of hydrogen-bond acceptors (Lipinski definition) is 3. The zero-order valence-electron chi connectivity index (χ0n) is 18.3. The van der Waals surface area contributed by atoms with Crippen molar-refractivity contribution in [1.82, 2.24) is 4.98 Å². The van der Waals surface area contributed by atoms with E-state index in [9.17, 15) is 5.11 Å². The molecule has 2 aromatic rings. The minimum Gasteiger partial charge on any atom is -0.393 e. The molecule has 7 rings (SSSR count). The summed E-state index contributed by atoms with van der Waals surface area (Å²) in [4.78, 5) is 4.35. The molecule has 3 aliphatic carbocycles. The van der Waals surface area contributed by atoms with Crippen LogP contribution >= 0.6 is 0 Å². The molecule has 0 amide bonds. The van der Waals surface area contributed by atoms with Crippen molar-refractivity contribution in [2.45, 2.75) is 81.5 Å². The zero-order chi connectivity index (χ0) is 20.8. The third kappa shape index (κ3) is 2.34. The van der Waals surface area contributed by atoms with E-state index in [1.165, 1.54) is 40.3 Å². The van der Waals surface area contributed by atoms with Crippen LogP contribution < -0.4 is 0 Å². The number of aliphatic hydroxyl groups excluding tert-OH is 1. The highest BCUT2D eigenvalue weighted by atomic mass is 16.5. The maximum Gasteiger partial charge on any atom is 0.0974 e. The Morgan fingerprint density at radius 1 is 1.10 bits per heavy atom. The second-order valence-corrected chi connectivity index (χ2v) is 11.1. The Morgan fingerprint density at radius 2 is 2.03 bits per heavy atom. The third-order valence-corrected chi connectivity index (χ3v) is 9.72. The molecule has 3 fully saturated rings. The molecule has 1 N–H and O–H groups in total. The van der Waals surface area contributed by atoms with Crippen LogP contribution in [0.1, 0.15) is 69.8 Å². The first kappa shape index (κ1) is 18.6. The van der Waals surface area contributed by atoms with E-state index < -0.39 is 0 Å². The highest BCUT2D eigenvalue weighted by Crippen LogP contribution is 2.69. The predicted octanol–water partition coefficient (Wildman–Crippen LogP) is 5.84. The topological polar surface area (TPSA) is 42.4 Å². The summed E-state index contributed by atoms with van der Waals surface area (Å²) in [5.41, 5.74) is 4.26. The van der Waals surface area contributed by atoms with Crippen LogP contribution in [0.4, 0.5) is 0 Å². The number of rotatable bonds is 1. The summed E-state index contributed by atoms with van der Waals surface area (Å²) < 4.78 is 7.18. The van der Waals surface area contributed by atoms with Gasteiger partial charge in [0.15, 0.2) is 0 Å². The van der Waals surface area contributed by atoms with Crippen molar-refractivity contribution in [3.63, 3.8) is 0 Å². The Bertz CT molecular complexity index is 1150. The van der Waals surface area contributed by atoms with E-state index in [1.807, 2.05) is 12.4 Å². The molecule has 1 aromatic heterocycles. The molecule has 6 atom stereocenters. The van der Waals surface area contributed by atoms with Gasteiger partial charge in [0.05, 0.1) is 17.3 Å². The molecule has 1 aromatic carbocycles. The van der Waals surface area contributed by atoms with Crippen LogP contribution in [0.5, 0.6) is 0 Å². The van der Waals surface area contributed by atoms with E-state index in [0.29, 0.717) is 11.8 Å². The Labute approximate surface area is 184 Å². The van der Waals surface area contributed by atoms with Crippen molar-refractivity contribution < 1.29 is 9.84 Å². The molecule has 3 nitrogen and oxygen atoms in total. The monoisotopic (exact) mass is 413 g/mol. The van der Waals surface area contributed by atoms with Gasteiger partial charge in [0.1, 0.15) is 0 Å². The summed E-state index contributed by atoms with van der Waals surface area (Å²) in [6.45, 7) is 2.52. The maximum absolute atomic E-state index is 10.4. The fourth-order valence-electron chi connectivity index (χ4n) is 8.25. The number of allylic oxidation sites excluding steroid dienone is 1. The normalized spacial score (nSPS) is 43.1. The molecular weight excluding hydrogens is 382 g/mol. The van der Waals surface area contributed by atoms with Crippen LogP contribution in [0.25, 0.3) is 10.8 Å². The number of aromatic nitrogens is 1. The summed E-state index contributed by atoms with van der Waals surface area (Å²) >= 11 is 0. The largest absolute Gasteiger partial charge is 0.393 e. The summed E-state index contributed by atoms with van der Waals surface area (Å²) in [6, 6.07) is 9.10. The summed E-state index contributed by atoms with van der Waals surface area (Å²) in [6.07, 6.45) is 17.1. The standard InChI is InChI=1S/C28H31NO2/c1-26-10-8-22-15-21-4-5-23(30)16-27(21)11-12-28(22,31-27)25(26)7-6-24(26)19-3-2-18-9-13-29-17-20(18)14-19/h2-3,8-9,13-15,17,23-25,30H,4-7,10-12,16H2,1H3/t23?,24-,25-,26-,27-,28-/m1/s1. The molecule has 5 aliphatic rings. The van der Waals surface area contributed by atoms with Crippen LogP contribution in [-0.2, 0) is 4.74 Å². The Kier molecular flexibility index (Phi) is 3.65. The van der Waals surface area contributed by atoms with Crippen molar-refractivity contribution >= 4 is 10.8 Å². The van der Waals surface area contributed by atoms with Gasteiger partial charge in [-0.25, -0.2) is 0 Å². The first-order valence-electron chi connectivity index (χ1n) is 12.2. The smallest absolute Gasteiger partial charge is 0.0974 e. The fourth-order valence-corrected chi connectivity index (χ4v) is 8.25. The molecule has 160 valence electrons. The SMILES string of the molecule is C[C@]12CC=C3C=C4CCC(O)C[C@]45CC[C@]3(O5)[C@@H]1CC[C@@H]2c1ccc2ccncc2c1. The van der Waals surface area contributed by atoms with Crippen LogP contribution in [-0.4, -0.2) is 27.4 Å². The number of ether oxygens (including phenoxy) is 1. The van der Waals surface area contributed by atoms with E-state index in [-0.39, 0.29) is 22.7 Å². The van der Waals surface area contributed by atoms with Crippen LogP contribution in [0.2, 0.25) is 0 Å². The number of benzene rings is 1. The maximum atomic E-state index is 10.4. The van der Waals surface area contributed by atoms with Crippen molar-refractivity contribution in [2.24, 2.45) is 11.3 Å². The molecule has 2 aliphatic heterocycles. The van der Waals surface area contributed by atoms with E-state index in [0.717, 1.165) is 38.5 Å². The van der Waals surface area contributed by atoms with Gasteiger partial charge in [-0.05, 0) is 96.4 Å². The van der Waals surface area contributed by atoms with Crippen LogP contribution in [0.3, 0.4) is 0 Å². The fraction of sp³-hybridized carbons (Fsp3) is 0.536. The number of hydrogen-bond donors (Lipinski definition) is 1. The Balaban J connectivity index is 1.31. The van der Waals surface area contributed by atoms with Gasteiger partial charge in [-0.1, -0.05) is 31.2 Å². The summed E-state index contributed by atoms with van der Waals surface area (Å²) in [5, 5.41) is 13.0. The molecule has 1 saturated heterocycles. The van der Waals surface area contributed by atoms with Gasteiger partial charge in [-0.2, -0.15) is 0 Å². The summed E-state index contributed by atoms with van der Waals surface area (Å²) in [5.74, 6) is 1.10. The number of aliphatic hydroxyl groups is 1. The first-order valence-corrected chi connectivity index (χ1v) is 12.2. The molecule has 2 spiro atoms. The van der Waals surface area contributed by atoms with Gasteiger partial charge in [0.2, 0.25) is 0 Å². The quantitative estimate of drug-likeness (QED) is 0.639. The highest BCUT2D eigenvalue weighted by molar-refractivity contribution is 5.82. The van der Waals surface area contributed by atoms with Crippen molar-refractivity contribution in [1.29, 1.82) is 0 Å². The molecule has 1 unspecified atom stereocenters. The average molecular weight is 414 g/mol. The minimum absolute atomic E-state index is 0.138. The third-order valence-electron chi connectivity index (χ3n) is 9.72. The first-order chi connectivity index (χ1) is 15.0. The summed E-state index contributed by atoms with van der Waals surface area (Å²) in [7, 11) is 0. The number of nitrogens with zero attached hydrogens (tertiary/aromatic N) is 1. The lowest BCUT2D eigenvalue weighted by Gasteiger charge is -2.54. The lowest BCUT2D eigenvalue weighted by molar-refractivity contribution is -0.144. The molecule has 31 heavy (non-hydrogen) atoms. The van der Waals surface area contributed by atoms with Gasteiger partial charge < -0.3 is 9.84 Å². The minimum atomic E-state index is -0.213. The van der Waals surface area contributed by atoms with E-state index >= 15 is 0 Å². The predicted molar refractivity (Wildman–Crippen MR) is 122 cm³/mol. The van der Waals surface area contributed by atoms with Gasteiger partial charge in [0, 0.05) is 24.2 Å². The second kappa shape index (κ2) is 6.08. The van der Waals surface area contributed by atoms with E-state index in [2.05, 4.69) is 48.3 Å². The zero-order valence-corrected chi connectivity index (χ0v) is 18.3. The molecule has 2 bridgehead atoms. The van der Waals surface area contributed by atoms with Gasteiger partial charge in [-0.3, -0.25) is 4.98 Å². The van der Waals surface area contributed by atoms with Gasteiger partial charge in [0.25, 0.3) is 0 Å².